The largest absolute Gasteiger partial charge is 0.0622 e. The van der Waals surface area contributed by atoms with E-state index in [0.29, 0.717) is 12.9 Å². The normalized spacial score (nSPS) is 10.8. The van der Waals surface area contributed by atoms with Gasteiger partial charge in [0.1, 0.15) is 0 Å². The van der Waals surface area contributed by atoms with E-state index < -0.39 is 0 Å². The van der Waals surface area contributed by atoms with Gasteiger partial charge in [0.05, 0.1) is 0 Å². The first kappa shape index (κ1) is 26.4. The Balaban J connectivity index is 0.000000968. The van der Waals surface area contributed by atoms with Crippen molar-refractivity contribution < 1.29 is 12.9 Å². The SMILES string of the molecule is [Cl][Co][Cl].c1ccc(P(CCCCP(c2ccccc2)c2ccccc2)c2ccccc2)cc1. The van der Waals surface area contributed by atoms with Crippen LogP contribution in [-0.2, 0) is 12.9 Å². The average Bonchev–Trinajstić information content (AvgIpc) is 2.89. The zero-order valence-corrected chi connectivity index (χ0v) is 22.7. The van der Waals surface area contributed by atoms with Crippen LogP contribution < -0.4 is 21.2 Å². The summed E-state index contributed by atoms with van der Waals surface area (Å²) in [6, 6.07) is 44.3. The first-order valence-electron chi connectivity index (χ1n) is 10.9. The molecule has 0 N–H and O–H groups in total. The molecule has 4 aromatic carbocycles. The molecule has 0 spiro atoms. The molecule has 0 saturated heterocycles. The molecule has 173 valence electrons. The monoisotopic (exact) mass is 555 g/mol. The Labute approximate surface area is 215 Å². The van der Waals surface area contributed by atoms with Gasteiger partial charge in [0, 0.05) is 0 Å². The molecule has 5 heteroatoms. The van der Waals surface area contributed by atoms with E-state index >= 15 is 0 Å². The standard InChI is InChI=1S/C28H28P2.2ClH.Co/c1-5-15-25(16-6-1)29(26-17-7-2-8-18-26)23-13-14-24-30(27-19-9-3-10-20-27)28-21-11-4-12-22-28;;;/h1-12,15-22H,13-14,23-24H2;2*1H;/q;;;+2/p-2. The maximum atomic E-state index is 4.73. The molecule has 0 aromatic heterocycles. The van der Waals surface area contributed by atoms with Gasteiger partial charge in [-0.1, -0.05) is 121 Å². The van der Waals surface area contributed by atoms with E-state index in [2.05, 4.69) is 121 Å². The summed E-state index contributed by atoms with van der Waals surface area (Å²) in [6.07, 6.45) is 5.06. The Morgan fingerprint density at radius 2 is 0.636 bits per heavy atom. The smallest absolute Gasteiger partial charge is 0.0195 e. The molecule has 0 fully saturated rings. The third-order valence-corrected chi connectivity index (χ3v) is 10.5. The number of hydrogen-bond acceptors (Lipinski definition) is 0. The minimum Gasteiger partial charge on any atom is -0.0622 e. The maximum Gasteiger partial charge on any atom is -0.0195 e. The van der Waals surface area contributed by atoms with Gasteiger partial charge in [-0.05, 0) is 62.2 Å². The summed E-state index contributed by atoms with van der Waals surface area (Å²) in [5.41, 5.74) is 0. The van der Waals surface area contributed by atoms with E-state index in [9.17, 15) is 0 Å². The number of hydrogen-bond donors (Lipinski definition) is 0. The van der Waals surface area contributed by atoms with Crippen molar-refractivity contribution in [3.63, 3.8) is 0 Å². The molecule has 0 saturated carbocycles. The third-order valence-electron chi connectivity index (χ3n) is 5.28. The van der Waals surface area contributed by atoms with Gasteiger partial charge >= 0.3 is 33.2 Å². The van der Waals surface area contributed by atoms with Crippen molar-refractivity contribution in [2.75, 3.05) is 12.3 Å². The van der Waals surface area contributed by atoms with Crippen molar-refractivity contribution in [2.45, 2.75) is 12.8 Å². The van der Waals surface area contributed by atoms with Gasteiger partial charge in [0.2, 0.25) is 0 Å². The van der Waals surface area contributed by atoms with E-state index in [1.54, 1.807) is 0 Å². The zero-order valence-electron chi connectivity index (χ0n) is 18.4. The Bertz CT molecular complexity index is 855. The molecule has 0 unspecified atom stereocenters. The van der Waals surface area contributed by atoms with Crippen molar-refractivity contribution in [1.29, 1.82) is 0 Å². The van der Waals surface area contributed by atoms with E-state index in [4.69, 9.17) is 20.3 Å². The molecule has 0 radical (unpaired) electrons. The zero-order chi connectivity index (χ0) is 23.1. The van der Waals surface area contributed by atoms with Crippen LogP contribution in [0.3, 0.4) is 0 Å². The van der Waals surface area contributed by atoms with Crippen LogP contribution in [0.5, 0.6) is 0 Å². The average molecular weight is 556 g/mol. The van der Waals surface area contributed by atoms with Gasteiger partial charge in [0.15, 0.2) is 0 Å². The molecular weight excluding hydrogens is 528 g/mol. The summed E-state index contributed by atoms with van der Waals surface area (Å²) in [7, 11) is 8.90. The second kappa shape index (κ2) is 15.7. The van der Waals surface area contributed by atoms with Gasteiger partial charge in [-0.2, -0.15) is 0 Å². The number of rotatable bonds is 9. The van der Waals surface area contributed by atoms with Gasteiger partial charge in [0.25, 0.3) is 0 Å². The van der Waals surface area contributed by atoms with Gasteiger partial charge in [-0.3, -0.25) is 0 Å². The van der Waals surface area contributed by atoms with Crippen molar-refractivity contribution in [3.8, 4) is 0 Å². The van der Waals surface area contributed by atoms with Gasteiger partial charge < -0.3 is 0 Å². The Hall–Kier alpha value is -1.17. The van der Waals surface area contributed by atoms with Crippen LogP contribution in [0, 0.1) is 0 Å². The molecule has 4 rings (SSSR count). The molecule has 0 heterocycles. The first-order chi connectivity index (χ1) is 16.3. The molecule has 4 aromatic rings. The second-order valence-corrected chi connectivity index (χ2v) is 13.8. The fraction of sp³-hybridized carbons (Fsp3) is 0.143. The van der Waals surface area contributed by atoms with Crippen molar-refractivity contribution in [1.82, 2.24) is 0 Å². The molecule has 0 amide bonds. The third kappa shape index (κ3) is 8.84. The Morgan fingerprint density at radius 3 is 0.848 bits per heavy atom. The number of unbranched alkanes of at least 4 members (excludes halogenated alkanes) is 1. The summed E-state index contributed by atoms with van der Waals surface area (Å²) in [5, 5.41) is 5.97. The van der Waals surface area contributed by atoms with E-state index in [1.807, 2.05) is 0 Å². The van der Waals surface area contributed by atoms with Crippen molar-refractivity contribution in [2.24, 2.45) is 0 Å². The quantitative estimate of drug-likeness (QED) is 0.149. The topological polar surface area (TPSA) is 0 Å². The Kier molecular flexibility index (Phi) is 12.6. The second-order valence-electron chi connectivity index (χ2n) is 7.40. The van der Waals surface area contributed by atoms with Crippen LogP contribution in [0.15, 0.2) is 121 Å². The molecule has 0 nitrogen and oxygen atoms in total. The summed E-state index contributed by atoms with van der Waals surface area (Å²) in [4.78, 5) is 0. The summed E-state index contributed by atoms with van der Waals surface area (Å²) in [6.45, 7) is 0. The fourth-order valence-electron chi connectivity index (χ4n) is 3.79. The molecule has 33 heavy (non-hydrogen) atoms. The number of benzene rings is 4. The van der Waals surface area contributed by atoms with Crippen molar-refractivity contribution in [3.05, 3.63) is 121 Å². The van der Waals surface area contributed by atoms with Crippen LogP contribution in [0.2, 0.25) is 0 Å². The predicted molar refractivity (Wildman–Crippen MR) is 149 cm³/mol. The van der Waals surface area contributed by atoms with Gasteiger partial charge in [-0.25, -0.2) is 0 Å². The van der Waals surface area contributed by atoms with Crippen LogP contribution in [0.25, 0.3) is 0 Å². The minimum atomic E-state index is -0.283. The molecule has 0 aliphatic rings. The van der Waals surface area contributed by atoms with Crippen molar-refractivity contribution >= 4 is 57.4 Å². The van der Waals surface area contributed by atoms with E-state index in [-0.39, 0.29) is 15.8 Å². The summed E-state index contributed by atoms with van der Waals surface area (Å²) >= 11 is 0.382. The molecule has 0 bridgehead atoms. The van der Waals surface area contributed by atoms with Crippen LogP contribution >= 0.6 is 36.1 Å². The first-order valence-corrected chi connectivity index (χ1v) is 16.8. The van der Waals surface area contributed by atoms with E-state index in [1.165, 1.54) is 46.4 Å². The predicted octanol–water partition coefficient (Wildman–Crippen LogP) is 7.41. The van der Waals surface area contributed by atoms with Crippen LogP contribution in [-0.4, -0.2) is 12.3 Å². The minimum absolute atomic E-state index is 0.283. The van der Waals surface area contributed by atoms with Crippen LogP contribution in [0.1, 0.15) is 12.8 Å². The van der Waals surface area contributed by atoms with Gasteiger partial charge in [-0.15, -0.1) is 0 Å². The summed E-state index contributed by atoms with van der Waals surface area (Å²) < 4.78 is 0. The van der Waals surface area contributed by atoms with E-state index in [0.717, 1.165) is 0 Å². The fourth-order valence-corrected chi connectivity index (χ4v) is 8.62. The molecule has 0 atom stereocenters. The van der Waals surface area contributed by atoms with Crippen LogP contribution in [0.4, 0.5) is 0 Å². The Morgan fingerprint density at radius 1 is 0.424 bits per heavy atom. The molecule has 0 aliphatic carbocycles. The number of halogens is 2. The summed E-state index contributed by atoms with van der Waals surface area (Å²) in [5.74, 6) is 0. The maximum absolute atomic E-state index is 4.73. The molecular formula is C28H28Cl2CoP2. The molecule has 0 aliphatic heterocycles.